The molecule has 1 heterocycles. The summed E-state index contributed by atoms with van der Waals surface area (Å²) in [6, 6.07) is 0. The summed E-state index contributed by atoms with van der Waals surface area (Å²) in [5, 5.41) is 67.8. The predicted molar refractivity (Wildman–Crippen MR) is 350 cm³/mol. The van der Waals surface area contributed by atoms with Crippen LogP contribution in [-0.4, -0.2) is 49.9 Å². The van der Waals surface area contributed by atoms with E-state index in [1.54, 1.807) is 0 Å². The van der Waals surface area contributed by atoms with Crippen LogP contribution >= 0.6 is 0 Å². The fourth-order valence-electron chi connectivity index (χ4n) is 27.2. The Balaban J connectivity index is 1.04. The molecule has 0 radical (unpaired) electrons. The van der Waals surface area contributed by atoms with Crippen LogP contribution in [0.2, 0.25) is 0 Å². The highest BCUT2D eigenvalue weighted by molar-refractivity contribution is 6.77. The van der Waals surface area contributed by atoms with Gasteiger partial charge in [-0.15, -0.1) is 0 Å². The molecule has 0 aromatic heterocycles. The lowest BCUT2D eigenvalue weighted by Gasteiger charge is -2.63. The Morgan fingerprint density at radius 1 is 0.239 bits per heavy atom. The summed E-state index contributed by atoms with van der Waals surface area (Å²) < 4.78 is 8.92. The molecule has 438 valence electrons. The average molecular weight is 1200 g/mol. The number of benzene rings is 15. The Morgan fingerprint density at radius 3 is 0.783 bits per heavy atom. The second kappa shape index (κ2) is 10.1. The lowest BCUT2D eigenvalue weighted by molar-refractivity contribution is -0.498. The topological polar surface area (TPSA) is 125 Å². The first-order valence-corrected chi connectivity index (χ1v) is 33.5. The zero-order valence-electron chi connectivity index (χ0n) is 52.4. The molecular formula is C80H46O12. The maximum atomic E-state index is 17.0. The molecule has 1 aliphatic heterocycles. The Bertz CT molecular complexity index is 7580. The van der Waals surface area contributed by atoms with Crippen LogP contribution in [0.1, 0.15) is 159 Å². The lowest BCUT2D eigenvalue weighted by atomic mass is 9.45. The van der Waals surface area contributed by atoms with Crippen LogP contribution in [-0.2, 0) is 81.6 Å². The van der Waals surface area contributed by atoms with E-state index in [9.17, 15) is 0 Å². The molecule has 0 unspecified atom stereocenters. The summed E-state index contributed by atoms with van der Waals surface area (Å²) in [5.41, 5.74) is -9.20. The lowest BCUT2D eigenvalue weighted by Crippen LogP contribution is -2.78. The largest absolute Gasteiger partial charge is 0.377 e. The molecule has 12 aliphatic rings. The highest BCUT2D eigenvalue weighted by Crippen LogP contribution is 3.00. The third-order valence-electron chi connectivity index (χ3n) is 27.5. The van der Waals surface area contributed by atoms with Crippen LogP contribution in [0.5, 0.6) is 0 Å². The SMILES string of the molecule is CC(C)(C)OO[C@]12C3=C4[C@]5(OOC(C)(C)C)c6c1c1c7c2c2c8c9c%10c%11c%12c%13c%14c%15c%16c%17c(c5c5c6c6c1c1c%18c7c8c7c8c9c%12c9c%12c%13c%16c%13c%16c%17c5c5c6c1c1c(c%187)c(c98)c(c%12%13)c1c5%16)[C@@]%15(OOC(C)(C)C)[C@@]41O[C@@]1([C@@]%11%14O)[C@]3(OOC(C)(C)C)[C@@]2%10OOC(C)(C)C. The quantitative estimate of drug-likeness (QED) is 0.0461. The molecule has 33 rings (SSSR count). The van der Waals surface area contributed by atoms with Crippen molar-refractivity contribution in [1.82, 2.24) is 0 Å². The van der Waals surface area contributed by atoms with E-state index in [-0.39, 0.29) is 0 Å². The first-order chi connectivity index (χ1) is 43.7. The van der Waals surface area contributed by atoms with E-state index in [0.717, 1.165) is 109 Å². The fourth-order valence-corrected chi connectivity index (χ4v) is 27.2. The van der Waals surface area contributed by atoms with E-state index >= 15 is 5.11 Å². The normalized spacial score (nSPS) is 32.0. The summed E-state index contributed by atoms with van der Waals surface area (Å²) in [4.78, 5) is 79.0. The Kier molecular flexibility index (Phi) is 4.90. The van der Waals surface area contributed by atoms with Crippen molar-refractivity contribution in [3.05, 3.63) is 66.8 Å². The molecule has 21 aromatic carbocycles. The summed E-state index contributed by atoms with van der Waals surface area (Å²) in [6.07, 6.45) is 0. The van der Waals surface area contributed by atoms with Gasteiger partial charge in [0.1, 0.15) is 0 Å². The summed E-state index contributed by atoms with van der Waals surface area (Å²) >= 11 is 0. The van der Waals surface area contributed by atoms with Gasteiger partial charge >= 0.3 is 0 Å². The third kappa shape index (κ3) is 2.80. The van der Waals surface area contributed by atoms with Crippen molar-refractivity contribution in [2.24, 2.45) is 0 Å². The Hall–Kier alpha value is -7.24. The van der Waals surface area contributed by atoms with Crippen LogP contribution in [0, 0.1) is 0 Å². The van der Waals surface area contributed by atoms with Crippen molar-refractivity contribution in [2.75, 3.05) is 0 Å². The van der Waals surface area contributed by atoms with E-state index in [1.807, 2.05) is 20.8 Å². The molecule has 92 heavy (non-hydrogen) atoms. The van der Waals surface area contributed by atoms with Gasteiger partial charge in [0.25, 0.3) is 0 Å². The first kappa shape index (κ1) is 44.4. The molecule has 2 spiro atoms. The smallest absolute Gasteiger partial charge is 0.205 e. The van der Waals surface area contributed by atoms with Gasteiger partial charge in [-0.2, -0.15) is 0 Å². The molecule has 12 nitrogen and oxygen atoms in total. The van der Waals surface area contributed by atoms with E-state index in [4.69, 9.17) is 53.6 Å². The first-order valence-electron chi connectivity index (χ1n) is 33.5. The van der Waals surface area contributed by atoms with E-state index in [2.05, 4.69) is 83.1 Å². The molecule has 1 saturated heterocycles. The number of epoxide rings is 1. The minimum Gasteiger partial charge on any atom is -0.377 e. The van der Waals surface area contributed by atoms with Crippen LogP contribution in [0.4, 0.5) is 0 Å². The fraction of sp³-hybridized carbons (Fsp3) is 0.350. The van der Waals surface area contributed by atoms with E-state index < -0.39 is 72.8 Å². The minimum absolute atomic E-state index is 0.641. The molecule has 1 N–H and O–H groups in total. The van der Waals surface area contributed by atoms with E-state index in [1.165, 1.54) is 162 Å². The molecule has 1 fully saturated rings. The molecule has 0 bridgehead atoms. The van der Waals surface area contributed by atoms with Crippen molar-refractivity contribution in [3.8, 4) is 0 Å². The van der Waals surface area contributed by atoms with Crippen molar-refractivity contribution < 1.29 is 58.7 Å². The van der Waals surface area contributed by atoms with Gasteiger partial charge in [0.05, 0.1) is 28.0 Å². The Labute approximate surface area is 515 Å². The van der Waals surface area contributed by atoms with Gasteiger partial charge in [-0.25, -0.2) is 48.9 Å². The highest BCUT2D eigenvalue weighted by atomic mass is 17.3. The number of hydrogen-bond donors (Lipinski definition) is 1. The monoisotopic (exact) mass is 1200 g/mol. The molecule has 21 aromatic rings. The van der Waals surface area contributed by atoms with Gasteiger partial charge in [-0.05, 0) is 319 Å². The van der Waals surface area contributed by atoms with Crippen molar-refractivity contribution >= 4 is 215 Å². The standard InChI is InChI=1S/C80H46O12/c1-68(2,3)83-88-73-56-46-36-26-21-16-17-19-20-18(16)23-29-27(21)37(36)47-49-39(29)43-33(23)35-25(20)31-30-24(19)34-32-22(17)28(26)38-42(32)52-54-44(34)40(30)50-51-41(31)45(35)55-53(43)63-59(49)74(57(47)56,89-84-69(4,5)6)67-66(73)78-76(90-85-70(7,8)9,62(52)58(73)48(38)46)64(54)60(50)75(81)61(51)65(55)77(63,91-86-71(10,11)12)79(67,80(75,78)82-78)92-87-72(13,14)15/h81H,1-15H3/t73-,74+,75-,76-,77+,78-,79+,80+/m0/s1. The number of rotatable bonds is 10. The van der Waals surface area contributed by atoms with Gasteiger partial charge in [-0.3, -0.25) is 0 Å². The van der Waals surface area contributed by atoms with E-state index in [0.29, 0.717) is 11.1 Å². The molecule has 0 saturated carbocycles. The molecular weight excluding hydrogens is 1150 g/mol. The van der Waals surface area contributed by atoms with Gasteiger partial charge in [0.15, 0.2) is 39.2 Å². The summed E-state index contributed by atoms with van der Waals surface area (Å²) in [5.74, 6) is 0. The second-order valence-corrected chi connectivity index (χ2v) is 36.5. The second-order valence-electron chi connectivity index (χ2n) is 36.5. The molecule has 11 aliphatic carbocycles. The molecule has 12 heteroatoms. The maximum absolute atomic E-state index is 17.0. The molecule has 8 atom stereocenters. The van der Waals surface area contributed by atoms with Crippen LogP contribution in [0.25, 0.3) is 215 Å². The predicted octanol–water partition coefficient (Wildman–Crippen LogP) is 17.8. The minimum atomic E-state index is -2.14. The van der Waals surface area contributed by atoms with Gasteiger partial charge < -0.3 is 9.84 Å². The third-order valence-corrected chi connectivity index (χ3v) is 27.5. The van der Waals surface area contributed by atoms with Crippen molar-refractivity contribution in [3.63, 3.8) is 0 Å². The average Bonchev–Trinajstić information content (AvgIpc) is 1.34. The number of aliphatic hydroxyl groups is 1. The zero-order chi connectivity index (χ0) is 60.3. The zero-order valence-corrected chi connectivity index (χ0v) is 52.4. The van der Waals surface area contributed by atoms with Gasteiger partial charge in [0.2, 0.25) is 5.60 Å². The van der Waals surface area contributed by atoms with Gasteiger partial charge in [0, 0.05) is 66.8 Å². The Morgan fingerprint density at radius 2 is 0.457 bits per heavy atom. The van der Waals surface area contributed by atoms with Crippen LogP contribution in [0.15, 0.2) is 11.1 Å². The molecule has 0 amide bonds. The van der Waals surface area contributed by atoms with Crippen molar-refractivity contribution in [1.29, 1.82) is 0 Å². The summed E-state index contributed by atoms with van der Waals surface area (Å²) in [6.45, 7) is 30.9. The van der Waals surface area contributed by atoms with Crippen molar-refractivity contribution in [2.45, 2.75) is 177 Å². The maximum Gasteiger partial charge on any atom is 0.205 e. The summed E-state index contributed by atoms with van der Waals surface area (Å²) in [7, 11) is 0. The number of ether oxygens (including phenoxy) is 1. The van der Waals surface area contributed by atoms with Gasteiger partial charge in [-0.1, -0.05) is 0 Å². The van der Waals surface area contributed by atoms with Crippen LogP contribution < -0.4 is 0 Å². The number of hydrogen-bond acceptors (Lipinski definition) is 12. The van der Waals surface area contributed by atoms with Crippen LogP contribution in [0.3, 0.4) is 0 Å². The highest BCUT2D eigenvalue weighted by Gasteiger charge is 3.11.